The van der Waals surface area contributed by atoms with Gasteiger partial charge in [-0.05, 0) is 63.2 Å². The first-order valence-corrected chi connectivity index (χ1v) is 10.6. The molecule has 1 saturated heterocycles. The molecule has 2 amide bonds. The summed E-state index contributed by atoms with van der Waals surface area (Å²) in [6, 6.07) is 1.89. The number of halogens is 3. The first-order valence-electron chi connectivity index (χ1n) is 10.2. The first-order chi connectivity index (χ1) is 15.1. The fourth-order valence-electron chi connectivity index (χ4n) is 4.92. The van der Waals surface area contributed by atoms with E-state index in [9.17, 15) is 22.8 Å². The number of alkyl halides is 3. The number of anilines is 1. The highest BCUT2D eigenvalue weighted by Gasteiger charge is 2.61. The largest absolute Gasteiger partial charge is 0.465 e. The van der Waals surface area contributed by atoms with Gasteiger partial charge in [-0.25, -0.2) is 9.78 Å². The predicted octanol–water partition coefficient (Wildman–Crippen LogP) is 3.41. The van der Waals surface area contributed by atoms with Gasteiger partial charge in [0.05, 0.1) is 17.4 Å². The highest BCUT2D eigenvalue weighted by atomic mass is 32.1. The molecule has 170 valence electrons. The Balaban J connectivity index is 1.64. The lowest BCUT2D eigenvalue weighted by Gasteiger charge is -2.48. The van der Waals surface area contributed by atoms with Gasteiger partial charge >= 0.3 is 12.3 Å². The summed E-state index contributed by atoms with van der Waals surface area (Å²) in [5, 5.41) is 20.5. The van der Waals surface area contributed by atoms with E-state index < -0.39 is 29.1 Å². The number of thiocarbonyl (C=S) groups is 1. The summed E-state index contributed by atoms with van der Waals surface area (Å²) in [5.74, 6) is -0.376. The number of rotatable bonds is 3. The van der Waals surface area contributed by atoms with Crippen molar-refractivity contribution in [3.63, 3.8) is 0 Å². The average Bonchev–Trinajstić information content (AvgIpc) is 2.94. The molecular formula is C20H20F3N5O3S. The molecule has 0 aromatic carbocycles. The molecule has 4 rings (SSSR count). The van der Waals surface area contributed by atoms with Crippen molar-refractivity contribution >= 4 is 35.0 Å². The van der Waals surface area contributed by atoms with Crippen LogP contribution in [0.2, 0.25) is 0 Å². The Hall–Kier alpha value is -2.94. The Kier molecular flexibility index (Phi) is 5.48. The number of pyridine rings is 1. The van der Waals surface area contributed by atoms with Crippen molar-refractivity contribution in [2.75, 3.05) is 4.90 Å². The summed E-state index contributed by atoms with van der Waals surface area (Å²) in [4.78, 5) is 30.9. The average molecular weight is 467 g/mol. The first kappa shape index (κ1) is 22.3. The lowest BCUT2D eigenvalue weighted by Crippen LogP contribution is -2.59. The molecule has 2 heterocycles. The Bertz CT molecular complexity index is 1010. The second-order valence-corrected chi connectivity index (χ2v) is 8.70. The van der Waals surface area contributed by atoms with E-state index in [1.54, 1.807) is 0 Å². The third-order valence-corrected chi connectivity index (χ3v) is 6.95. The van der Waals surface area contributed by atoms with Crippen molar-refractivity contribution < 1.29 is 27.9 Å². The van der Waals surface area contributed by atoms with Crippen molar-refractivity contribution in [1.82, 2.24) is 15.2 Å². The molecule has 1 aliphatic heterocycles. The number of amides is 2. The smallest absolute Gasteiger partial charge is 0.419 e. The van der Waals surface area contributed by atoms with E-state index >= 15 is 0 Å². The van der Waals surface area contributed by atoms with Crippen LogP contribution in [0.5, 0.6) is 0 Å². The quantitative estimate of drug-likeness (QED) is 0.656. The van der Waals surface area contributed by atoms with E-state index in [2.05, 4.69) is 10.3 Å². The number of aromatic nitrogens is 1. The molecule has 0 unspecified atom stereocenters. The molecule has 0 bridgehead atoms. The van der Waals surface area contributed by atoms with Gasteiger partial charge in [0.15, 0.2) is 10.8 Å². The van der Waals surface area contributed by atoms with E-state index in [1.807, 2.05) is 4.90 Å². The summed E-state index contributed by atoms with van der Waals surface area (Å²) in [5.41, 5.74) is -2.98. The number of hydrogen-bond donors (Lipinski definition) is 2. The monoisotopic (exact) mass is 467 g/mol. The van der Waals surface area contributed by atoms with Crippen LogP contribution in [-0.4, -0.2) is 49.7 Å². The minimum Gasteiger partial charge on any atom is -0.465 e. The number of carboxylic acid groups (broad SMARTS) is 1. The Morgan fingerprint density at radius 1 is 1.31 bits per heavy atom. The van der Waals surface area contributed by atoms with Gasteiger partial charge in [0.25, 0.3) is 5.91 Å². The molecule has 3 aliphatic rings. The lowest BCUT2D eigenvalue weighted by atomic mass is 9.73. The third kappa shape index (κ3) is 3.54. The van der Waals surface area contributed by atoms with E-state index in [0.717, 1.165) is 23.6 Å². The number of hydrogen-bond acceptors (Lipinski definition) is 5. The SMILES string of the molecule is N#Cc1ncc(N2C(=O)C3(CCC3)N(C3CCC(NC(=O)O)CC3)C2=S)cc1C(F)(F)F. The predicted molar refractivity (Wildman–Crippen MR) is 110 cm³/mol. The molecule has 8 nitrogen and oxygen atoms in total. The number of carbonyl (C=O) groups is 2. The van der Waals surface area contributed by atoms with Crippen LogP contribution in [-0.2, 0) is 11.0 Å². The number of nitrogens with one attached hydrogen (secondary N) is 1. The van der Waals surface area contributed by atoms with Crippen LogP contribution in [0.4, 0.5) is 23.7 Å². The van der Waals surface area contributed by atoms with Crippen LogP contribution in [0.1, 0.15) is 56.2 Å². The van der Waals surface area contributed by atoms with Gasteiger partial charge in [-0.3, -0.25) is 9.69 Å². The van der Waals surface area contributed by atoms with E-state index in [-0.39, 0.29) is 28.8 Å². The minimum atomic E-state index is -4.80. The van der Waals surface area contributed by atoms with Gasteiger partial charge in [-0.15, -0.1) is 0 Å². The molecule has 12 heteroatoms. The fraction of sp³-hybridized carbons (Fsp3) is 0.550. The normalized spacial score (nSPS) is 24.9. The van der Waals surface area contributed by atoms with Crippen LogP contribution in [0.15, 0.2) is 12.3 Å². The summed E-state index contributed by atoms with van der Waals surface area (Å²) in [7, 11) is 0. The molecule has 32 heavy (non-hydrogen) atoms. The van der Waals surface area contributed by atoms with Crippen LogP contribution in [0.3, 0.4) is 0 Å². The molecule has 2 N–H and O–H groups in total. The highest BCUT2D eigenvalue weighted by molar-refractivity contribution is 7.80. The van der Waals surface area contributed by atoms with Crippen LogP contribution < -0.4 is 10.2 Å². The topological polar surface area (TPSA) is 110 Å². The maximum atomic E-state index is 13.4. The number of carbonyl (C=O) groups excluding carboxylic acids is 1. The third-order valence-electron chi connectivity index (χ3n) is 6.57. The van der Waals surface area contributed by atoms with Crippen molar-refractivity contribution in [3.05, 3.63) is 23.5 Å². The van der Waals surface area contributed by atoms with Gasteiger partial charge < -0.3 is 15.3 Å². The standard InChI is InChI=1S/C20H20F3N5O3S/c21-20(22,23)14-8-13(10-25-15(14)9-24)27-16(29)19(6-1-7-19)28(18(27)32)12-4-2-11(3-5-12)26-17(30)31/h8,10-12,26H,1-7H2,(H,30,31). The zero-order valence-corrected chi connectivity index (χ0v) is 17.7. The van der Waals surface area contributed by atoms with E-state index in [4.69, 9.17) is 22.6 Å². The van der Waals surface area contributed by atoms with Crippen LogP contribution in [0.25, 0.3) is 0 Å². The van der Waals surface area contributed by atoms with Crippen molar-refractivity contribution in [3.8, 4) is 6.07 Å². The summed E-state index contributed by atoms with van der Waals surface area (Å²) in [6.07, 6.45) is -0.556. The minimum absolute atomic E-state index is 0.110. The Morgan fingerprint density at radius 3 is 2.47 bits per heavy atom. The zero-order chi connectivity index (χ0) is 23.3. The second kappa shape index (κ2) is 7.88. The Morgan fingerprint density at radius 2 is 1.97 bits per heavy atom. The molecule has 3 fully saturated rings. The molecule has 1 aromatic heterocycles. The van der Waals surface area contributed by atoms with E-state index in [0.29, 0.717) is 38.5 Å². The molecule has 0 atom stereocenters. The molecule has 1 aromatic rings. The summed E-state index contributed by atoms with van der Waals surface area (Å²) < 4.78 is 40.3. The molecule has 2 aliphatic carbocycles. The molecule has 1 spiro atoms. The fourth-order valence-corrected chi connectivity index (χ4v) is 5.43. The van der Waals surface area contributed by atoms with Gasteiger partial charge in [0.2, 0.25) is 0 Å². The summed E-state index contributed by atoms with van der Waals surface area (Å²) >= 11 is 5.60. The highest BCUT2D eigenvalue weighted by Crippen LogP contribution is 2.48. The maximum Gasteiger partial charge on any atom is 0.419 e. The van der Waals surface area contributed by atoms with Crippen molar-refractivity contribution in [2.45, 2.75) is 68.7 Å². The van der Waals surface area contributed by atoms with Gasteiger partial charge in [-0.2, -0.15) is 18.4 Å². The van der Waals surface area contributed by atoms with Gasteiger partial charge in [0, 0.05) is 12.1 Å². The molecule has 2 saturated carbocycles. The second-order valence-electron chi connectivity index (χ2n) is 8.33. The van der Waals surface area contributed by atoms with Crippen LogP contribution in [0, 0.1) is 11.3 Å². The van der Waals surface area contributed by atoms with Gasteiger partial charge in [-0.1, -0.05) is 0 Å². The van der Waals surface area contributed by atoms with Gasteiger partial charge in [0.1, 0.15) is 11.6 Å². The molecule has 0 radical (unpaired) electrons. The maximum absolute atomic E-state index is 13.4. The van der Waals surface area contributed by atoms with Crippen molar-refractivity contribution in [2.24, 2.45) is 0 Å². The lowest BCUT2D eigenvalue weighted by molar-refractivity contribution is -0.138. The molecular weight excluding hydrogens is 447 g/mol. The van der Waals surface area contributed by atoms with Crippen LogP contribution >= 0.6 is 12.2 Å². The van der Waals surface area contributed by atoms with Crippen molar-refractivity contribution in [1.29, 1.82) is 5.26 Å². The summed E-state index contributed by atoms with van der Waals surface area (Å²) in [6.45, 7) is 0. The Labute approximate surface area is 187 Å². The van der Waals surface area contributed by atoms with E-state index in [1.165, 1.54) is 6.07 Å². The number of nitriles is 1. The zero-order valence-electron chi connectivity index (χ0n) is 16.9. The number of nitrogens with zero attached hydrogens (tertiary/aromatic N) is 4.